The van der Waals surface area contributed by atoms with Gasteiger partial charge in [0.1, 0.15) is 11.6 Å². The van der Waals surface area contributed by atoms with Gasteiger partial charge in [-0.3, -0.25) is 0 Å². The molecule has 4 aromatic carbocycles. The van der Waals surface area contributed by atoms with Crippen molar-refractivity contribution in [2.45, 2.75) is 66.2 Å². The van der Waals surface area contributed by atoms with Crippen molar-refractivity contribution in [1.29, 1.82) is 0 Å². The molecule has 1 aliphatic heterocycles. The summed E-state index contributed by atoms with van der Waals surface area (Å²) in [7, 11) is -0.412. The topological polar surface area (TPSA) is 52.4 Å². The third kappa shape index (κ3) is 6.30. The minimum atomic E-state index is -0.412. The van der Waals surface area contributed by atoms with Crippen LogP contribution in [-0.4, -0.2) is 21.6 Å². The number of para-hydroxylation sites is 1. The predicted octanol–water partition coefficient (Wildman–Crippen LogP) is 10.1. The van der Waals surface area contributed by atoms with Crippen LogP contribution >= 0.6 is 0 Å². The largest absolute Gasteiger partial charge is 2.00 e. The van der Waals surface area contributed by atoms with E-state index in [4.69, 9.17) is 19.4 Å². The Balaban J connectivity index is 0.00000420. The van der Waals surface area contributed by atoms with Crippen molar-refractivity contribution < 1.29 is 30.5 Å². The van der Waals surface area contributed by atoms with Gasteiger partial charge < -0.3 is 18.8 Å². The standard InChI is InChI=1S/C44H41BN4O2.Pt/c1-28-13-11-14-29(2)41(28)45-49(42-39(51-45)17-12-21-47-42)32-23-31(44(6,7)8)24-34(26-32)50-33-18-19-36-35-15-9-10-16-37(35)48(38(36)27-33)40-25-30(20-22-46-40)43(3,4)5;/h9-25H,1-8H3;/q-2;+2. The van der Waals surface area contributed by atoms with Crippen LogP contribution < -0.4 is 19.7 Å². The molecule has 0 unspecified atom stereocenters. The summed E-state index contributed by atoms with van der Waals surface area (Å²) in [6, 6.07) is 38.5. The molecule has 0 atom stereocenters. The van der Waals surface area contributed by atoms with E-state index in [0.29, 0.717) is 11.5 Å². The molecule has 8 heteroatoms. The molecule has 0 aliphatic carbocycles. The van der Waals surface area contributed by atoms with E-state index in [2.05, 4.69) is 150 Å². The van der Waals surface area contributed by atoms with Crippen molar-refractivity contribution >= 4 is 45.8 Å². The molecular weight excluding hydrogens is 822 g/mol. The number of aromatic nitrogens is 3. The van der Waals surface area contributed by atoms with Gasteiger partial charge in [-0.1, -0.05) is 100 Å². The van der Waals surface area contributed by atoms with Gasteiger partial charge in [0.05, 0.1) is 0 Å². The third-order valence-electron chi connectivity index (χ3n) is 9.81. The van der Waals surface area contributed by atoms with Crippen molar-refractivity contribution in [3.05, 3.63) is 138 Å². The van der Waals surface area contributed by atoms with E-state index >= 15 is 0 Å². The van der Waals surface area contributed by atoms with Gasteiger partial charge >= 0.3 is 28.1 Å². The number of hydrogen-bond acceptors (Lipinski definition) is 5. The van der Waals surface area contributed by atoms with E-state index in [-0.39, 0.29) is 31.9 Å². The Hall–Kier alpha value is -4.87. The van der Waals surface area contributed by atoms with Crippen molar-refractivity contribution in [3.8, 4) is 23.1 Å². The predicted molar refractivity (Wildman–Crippen MR) is 208 cm³/mol. The summed E-state index contributed by atoms with van der Waals surface area (Å²) in [6.07, 6.45) is 3.70. The molecule has 262 valence electrons. The molecule has 0 radical (unpaired) electrons. The van der Waals surface area contributed by atoms with E-state index in [0.717, 1.165) is 67.0 Å². The van der Waals surface area contributed by atoms with Gasteiger partial charge in [0.2, 0.25) is 0 Å². The van der Waals surface area contributed by atoms with Gasteiger partial charge in [0.15, 0.2) is 5.82 Å². The van der Waals surface area contributed by atoms with Crippen LogP contribution in [0.25, 0.3) is 27.6 Å². The summed E-state index contributed by atoms with van der Waals surface area (Å²) in [5, 5.41) is 2.22. The number of aryl methyl sites for hydroxylation is 2. The van der Waals surface area contributed by atoms with E-state index < -0.39 is 7.05 Å². The molecule has 7 aromatic rings. The summed E-state index contributed by atoms with van der Waals surface area (Å²) < 4.78 is 15.6. The average molecular weight is 864 g/mol. The fourth-order valence-corrected chi connectivity index (χ4v) is 7.03. The SMILES string of the molecule is Cc1cccc(C)c1B1Oc2cccnc2N1c1[c-]c(Oc2[c-]c3c(cc2)c2ccccc2n3-c2cc(C(C)(C)C)ccn2)cc(C(C)(C)C)c1.[Pt+2]. The zero-order valence-corrected chi connectivity index (χ0v) is 33.1. The van der Waals surface area contributed by atoms with E-state index in [9.17, 15) is 0 Å². The summed E-state index contributed by atoms with van der Waals surface area (Å²) in [6.45, 7) is 17.6. The second-order valence-electron chi connectivity index (χ2n) is 15.5. The quantitative estimate of drug-likeness (QED) is 0.128. The minimum absolute atomic E-state index is 0. The van der Waals surface area contributed by atoms with Gasteiger partial charge in [-0.25, -0.2) is 9.97 Å². The van der Waals surface area contributed by atoms with Gasteiger partial charge in [0.25, 0.3) is 0 Å². The first kappa shape index (κ1) is 35.5. The first-order valence-corrected chi connectivity index (χ1v) is 17.5. The molecule has 0 saturated carbocycles. The number of pyridine rings is 2. The smallest absolute Gasteiger partial charge is 0.535 e. The normalized spacial score (nSPS) is 12.9. The maximum Gasteiger partial charge on any atom is 2.00 e. The first-order valence-electron chi connectivity index (χ1n) is 17.5. The first-order chi connectivity index (χ1) is 24.4. The van der Waals surface area contributed by atoms with Crippen molar-refractivity contribution in [2.75, 3.05) is 4.81 Å². The summed E-state index contributed by atoms with van der Waals surface area (Å²) in [5.41, 5.74) is 8.35. The Morgan fingerprint density at radius 2 is 1.44 bits per heavy atom. The zero-order chi connectivity index (χ0) is 35.7. The Morgan fingerprint density at radius 3 is 2.19 bits per heavy atom. The number of ether oxygens (including phenoxy) is 1. The second-order valence-corrected chi connectivity index (χ2v) is 15.5. The van der Waals surface area contributed by atoms with Crippen LogP contribution in [-0.2, 0) is 31.9 Å². The number of anilines is 2. The molecule has 0 bridgehead atoms. The molecule has 52 heavy (non-hydrogen) atoms. The van der Waals surface area contributed by atoms with Crippen LogP contribution in [0.1, 0.15) is 63.8 Å². The fraction of sp³-hybridized carbons (Fsp3) is 0.227. The summed E-state index contributed by atoms with van der Waals surface area (Å²) in [5.74, 6) is 3.52. The summed E-state index contributed by atoms with van der Waals surface area (Å²) >= 11 is 0. The second kappa shape index (κ2) is 13.3. The molecule has 1 aliphatic rings. The molecular formula is C44H41BN4O2Pt. The Kier molecular flexibility index (Phi) is 9.07. The van der Waals surface area contributed by atoms with Crippen LogP contribution in [0.4, 0.5) is 11.5 Å². The molecule has 0 spiro atoms. The maximum absolute atomic E-state index is 6.73. The van der Waals surface area contributed by atoms with Crippen LogP contribution in [0, 0.1) is 26.0 Å². The number of rotatable bonds is 5. The van der Waals surface area contributed by atoms with E-state index in [1.807, 2.05) is 30.6 Å². The van der Waals surface area contributed by atoms with E-state index in [1.54, 1.807) is 0 Å². The molecule has 0 amide bonds. The van der Waals surface area contributed by atoms with Crippen molar-refractivity contribution in [2.24, 2.45) is 0 Å². The van der Waals surface area contributed by atoms with Gasteiger partial charge in [-0.05, 0) is 71.4 Å². The van der Waals surface area contributed by atoms with Crippen LogP contribution in [0.5, 0.6) is 17.2 Å². The zero-order valence-electron chi connectivity index (χ0n) is 30.8. The maximum atomic E-state index is 6.73. The molecule has 0 N–H and O–H groups in total. The molecule has 0 saturated heterocycles. The van der Waals surface area contributed by atoms with Gasteiger partial charge in [-0.2, -0.15) is 6.07 Å². The number of hydrogen-bond donors (Lipinski definition) is 0. The van der Waals surface area contributed by atoms with Gasteiger partial charge in [0, 0.05) is 29.4 Å². The summed E-state index contributed by atoms with van der Waals surface area (Å²) in [4.78, 5) is 11.8. The Labute approximate surface area is 321 Å². The average Bonchev–Trinajstić information content (AvgIpc) is 3.63. The van der Waals surface area contributed by atoms with Crippen LogP contribution in [0.15, 0.2) is 103 Å². The van der Waals surface area contributed by atoms with Crippen LogP contribution in [0.2, 0.25) is 0 Å². The minimum Gasteiger partial charge on any atom is -0.535 e. The molecule has 3 aromatic heterocycles. The Morgan fingerprint density at radius 1 is 0.692 bits per heavy atom. The molecule has 8 rings (SSSR count). The Bertz CT molecular complexity index is 2440. The van der Waals surface area contributed by atoms with Crippen molar-refractivity contribution in [3.63, 3.8) is 0 Å². The number of nitrogens with zero attached hydrogens (tertiary/aromatic N) is 4. The molecule has 6 nitrogen and oxygen atoms in total. The number of fused-ring (bicyclic) bond motifs is 4. The number of benzene rings is 4. The van der Waals surface area contributed by atoms with Crippen molar-refractivity contribution in [1.82, 2.24) is 14.5 Å². The molecule has 4 heterocycles. The van der Waals surface area contributed by atoms with Crippen LogP contribution in [0.3, 0.4) is 0 Å². The van der Waals surface area contributed by atoms with E-state index in [1.165, 1.54) is 5.56 Å². The monoisotopic (exact) mass is 863 g/mol. The van der Waals surface area contributed by atoms with Gasteiger partial charge in [-0.15, -0.1) is 41.3 Å². The molecule has 0 fully saturated rings. The third-order valence-corrected chi connectivity index (χ3v) is 9.81. The fourth-order valence-electron chi connectivity index (χ4n) is 7.03.